The molecule has 1 unspecified atom stereocenters. The molecule has 0 saturated carbocycles. The lowest BCUT2D eigenvalue weighted by Gasteiger charge is -2.28. The Bertz CT molecular complexity index is 995. The summed E-state index contributed by atoms with van der Waals surface area (Å²) in [6.45, 7) is 4.17. The van der Waals surface area contributed by atoms with Crippen LogP contribution in [0.5, 0.6) is 5.75 Å². The number of carbonyl (C=O) groups excluding carboxylic acids is 3. The zero-order chi connectivity index (χ0) is 22.7. The van der Waals surface area contributed by atoms with Crippen LogP contribution in [0.2, 0.25) is 0 Å². The van der Waals surface area contributed by atoms with E-state index in [4.69, 9.17) is 4.74 Å². The Morgan fingerprint density at radius 1 is 1.29 bits per heavy atom. The first-order chi connectivity index (χ1) is 14.7. The van der Waals surface area contributed by atoms with Crippen LogP contribution >= 0.6 is 11.8 Å². The Morgan fingerprint density at radius 3 is 2.58 bits per heavy atom. The molecule has 2 heterocycles. The van der Waals surface area contributed by atoms with E-state index in [1.165, 1.54) is 23.4 Å². The first-order valence-electron chi connectivity index (χ1n) is 9.98. The van der Waals surface area contributed by atoms with Gasteiger partial charge in [-0.05, 0) is 42.2 Å². The predicted octanol–water partition coefficient (Wildman–Crippen LogP) is 3.00. The highest BCUT2D eigenvalue weighted by atomic mass is 32.2. The van der Waals surface area contributed by atoms with E-state index >= 15 is 0 Å². The number of anilines is 1. The summed E-state index contributed by atoms with van der Waals surface area (Å²) in [5.41, 5.74) is 1.59. The van der Waals surface area contributed by atoms with E-state index in [1.807, 2.05) is 0 Å². The zero-order valence-corrected chi connectivity index (χ0v) is 19.2. The van der Waals surface area contributed by atoms with E-state index in [-0.39, 0.29) is 17.6 Å². The van der Waals surface area contributed by atoms with Crippen LogP contribution in [0.25, 0.3) is 0 Å². The lowest BCUT2D eigenvalue weighted by atomic mass is 9.94. The third-order valence-corrected chi connectivity index (χ3v) is 6.26. The number of allylic oxidation sites excluding steroid dienone is 1. The number of ether oxygens (including phenoxy) is 1. The van der Waals surface area contributed by atoms with E-state index < -0.39 is 11.9 Å². The quantitative estimate of drug-likeness (QED) is 0.654. The molecule has 0 aromatic heterocycles. The van der Waals surface area contributed by atoms with Gasteiger partial charge in [0.2, 0.25) is 5.91 Å². The van der Waals surface area contributed by atoms with Crippen molar-refractivity contribution in [2.45, 2.75) is 20.3 Å². The molecule has 1 aromatic carbocycles. The molecule has 2 aliphatic rings. The largest absolute Gasteiger partial charge is 0.497 e. The number of hydrogen-bond acceptors (Lipinski definition) is 6. The smallest absolute Gasteiger partial charge is 0.445 e. The molecule has 1 N–H and O–H groups in total. The minimum atomic E-state index is -0.676. The van der Waals surface area contributed by atoms with Crippen LogP contribution in [-0.4, -0.2) is 66.3 Å². The number of methoxy groups -OCH3 is 1. The Balaban J connectivity index is 1.83. The van der Waals surface area contributed by atoms with Gasteiger partial charge in [0.05, 0.1) is 27.0 Å². The molecule has 1 atom stereocenters. The van der Waals surface area contributed by atoms with Crippen LogP contribution < -0.4 is 10.1 Å². The molecule has 0 bridgehead atoms. The molecule has 0 aliphatic carbocycles. The van der Waals surface area contributed by atoms with Crippen molar-refractivity contribution in [1.29, 1.82) is 0 Å². The van der Waals surface area contributed by atoms with E-state index in [0.717, 1.165) is 21.8 Å². The average molecular weight is 444 g/mol. The summed E-state index contributed by atoms with van der Waals surface area (Å²) >= 11 is 1.32. The Labute approximate surface area is 186 Å². The summed E-state index contributed by atoms with van der Waals surface area (Å²) in [6.07, 6.45) is 2.45. The monoisotopic (exact) mass is 443 g/mol. The van der Waals surface area contributed by atoms with Crippen molar-refractivity contribution < 1.29 is 23.7 Å². The van der Waals surface area contributed by atoms with Gasteiger partial charge < -0.3 is 10.1 Å². The maximum Gasteiger partial charge on any atom is 0.445 e. The molecule has 0 fully saturated rings. The number of nitrogens with zero attached hydrogens (tertiary/aromatic N) is 3. The fourth-order valence-electron chi connectivity index (χ4n) is 3.48. The van der Waals surface area contributed by atoms with Gasteiger partial charge in [0.1, 0.15) is 12.0 Å². The number of fused-ring (bicyclic) bond motifs is 1. The van der Waals surface area contributed by atoms with Crippen LogP contribution in [0, 0.1) is 11.8 Å². The fourth-order valence-corrected chi connectivity index (χ4v) is 4.54. The Morgan fingerprint density at radius 2 is 1.97 bits per heavy atom. The van der Waals surface area contributed by atoms with Gasteiger partial charge in [0, 0.05) is 10.6 Å². The molecule has 0 saturated heterocycles. The second kappa shape index (κ2) is 9.47. The minimum Gasteiger partial charge on any atom is -0.497 e. The average Bonchev–Trinajstić information content (AvgIpc) is 2.75. The van der Waals surface area contributed by atoms with Gasteiger partial charge in [0.25, 0.3) is 5.84 Å². The number of dihydropyridines is 1. The van der Waals surface area contributed by atoms with Crippen LogP contribution in [0.15, 0.2) is 39.7 Å². The summed E-state index contributed by atoms with van der Waals surface area (Å²) < 4.78 is 6.52. The highest BCUT2D eigenvalue weighted by Gasteiger charge is 2.48. The fraction of sp³-hybridized carbons (Fsp3) is 0.409. The lowest BCUT2D eigenvalue weighted by Crippen LogP contribution is -2.52. The molecule has 0 radical (unpaired) electrons. The van der Waals surface area contributed by atoms with Crippen LogP contribution in [0.1, 0.15) is 20.3 Å². The van der Waals surface area contributed by atoms with Crippen LogP contribution in [-0.2, 0) is 9.59 Å². The number of imide groups is 1. The van der Waals surface area contributed by atoms with Gasteiger partial charge >= 0.3 is 11.9 Å². The van der Waals surface area contributed by atoms with Gasteiger partial charge in [-0.1, -0.05) is 13.8 Å². The number of hydrogen-bond donors (Lipinski definition) is 1. The summed E-state index contributed by atoms with van der Waals surface area (Å²) in [5.74, 6) is 0.409. The lowest BCUT2D eigenvalue weighted by molar-refractivity contribution is -0.407. The summed E-state index contributed by atoms with van der Waals surface area (Å²) in [4.78, 5) is 44.2. The van der Waals surface area contributed by atoms with E-state index in [2.05, 4.69) is 24.2 Å². The second-order valence-corrected chi connectivity index (χ2v) is 8.86. The number of thioether (sulfide) groups is 1. The molecule has 31 heavy (non-hydrogen) atoms. The molecule has 4 amide bonds. The van der Waals surface area contributed by atoms with Crippen molar-refractivity contribution in [3.8, 4) is 5.75 Å². The number of aliphatic imine (C=N–C) groups is 1. The number of nitrogens with one attached hydrogen (secondary N) is 1. The topological polar surface area (TPSA) is 91.1 Å². The molecule has 3 rings (SSSR count). The van der Waals surface area contributed by atoms with Gasteiger partial charge in [-0.15, -0.1) is 16.8 Å². The zero-order valence-electron chi connectivity index (χ0n) is 18.3. The van der Waals surface area contributed by atoms with Crippen molar-refractivity contribution in [2.24, 2.45) is 16.8 Å². The maximum absolute atomic E-state index is 13.0. The summed E-state index contributed by atoms with van der Waals surface area (Å²) in [6, 6.07) is 6.67. The molecule has 164 valence electrons. The normalized spacial score (nSPS) is 18.6. The Kier molecular flexibility index (Phi) is 6.94. The van der Waals surface area contributed by atoms with E-state index in [9.17, 15) is 14.4 Å². The molecule has 0 spiro atoms. The summed E-state index contributed by atoms with van der Waals surface area (Å²) in [7, 11) is 4.66. The first-order valence-corrected chi connectivity index (χ1v) is 11.0. The SMILES string of the molecule is COc1ccc(NC(=O)CSC2=C(CC(C)C)C=NC3=[N+](C)C(=O)N(C)C(=O)C23)cc1. The number of amidine groups is 1. The maximum atomic E-state index is 13.0. The van der Waals surface area contributed by atoms with Gasteiger partial charge in [-0.3, -0.25) is 9.59 Å². The van der Waals surface area contributed by atoms with Crippen molar-refractivity contribution in [3.63, 3.8) is 0 Å². The number of urea groups is 1. The van der Waals surface area contributed by atoms with Crippen LogP contribution in [0.3, 0.4) is 0 Å². The number of amides is 4. The van der Waals surface area contributed by atoms with Gasteiger partial charge in [0.15, 0.2) is 5.92 Å². The minimum absolute atomic E-state index is 0.134. The predicted molar refractivity (Wildman–Crippen MR) is 122 cm³/mol. The highest BCUT2D eigenvalue weighted by molar-refractivity contribution is 8.03. The summed E-state index contributed by atoms with van der Waals surface area (Å²) in [5, 5.41) is 2.86. The molecule has 1 aromatic rings. The number of rotatable bonds is 7. The number of benzene rings is 1. The second-order valence-electron chi connectivity index (χ2n) is 7.84. The van der Waals surface area contributed by atoms with E-state index in [0.29, 0.717) is 23.2 Å². The molecule has 9 heteroatoms. The van der Waals surface area contributed by atoms with Crippen molar-refractivity contribution in [3.05, 3.63) is 34.7 Å². The molecule has 2 aliphatic heterocycles. The molecule has 8 nitrogen and oxygen atoms in total. The third-order valence-electron chi connectivity index (χ3n) is 5.05. The first kappa shape index (κ1) is 22.7. The van der Waals surface area contributed by atoms with Crippen molar-refractivity contribution in [2.75, 3.05) is 32.3 Å². The van der Waals surface area contributed by atoms with Gasteiger partial charge in [-0.25, -0.2) is 4.79 Å². The number of carbonyl (C=O) groups is 3. The van der Waals surface area contributed by atoms with Gasteiger partial charge in [-0.2, -0.15) is 9.48 Å². The van der Waals surface area contributed by atoms with Crippen molar-refractivity contribution in [1.82, 2.24) is 4.90 Å². The van der Waals surface area contributed by atoms with E-state index in [1.54, 1.807) is 44.6 Å². The molecular formula is C22H27N4O4S+. The van der Waals surface area contributed by atoms with Crippen LogP contribution in [0.4, 0.5) is 10.5 Å². The standard InChI is InChI=1S/C22H26N4O4S/c1-13(2)10-14-11-23-20-18(21(28)26(4)22(29)25(20)3)19(14)31-12-17(27)24-15-6-8-16(30-5)9-7-15/h6-9,11,13,18H,10,12H2,1-5H3/p+1. The third kappa shape index (κ3) is 4.87. The Hall–Kier alpha value is -2.94. The highest BCUT2D eigenvalue weighted by Crippen LogP contribution is 2.36. The van der Waals surface area contributed by atoms with Crippen molar-refractivity contribution >= 4 is 47.3 Å². The molecular weight excluding hydrogens is 416 g/mol.